The van der Waals surface area contributed by atoms with Gasteiger partial charge in [-0.3, -0.25) is 14.7 Å². The van der Waals surface area contributed by atoms with Crippen LogP contribution in [0.25, 0.3) is 10.9 Å². The van der Waals surface area contributed by atoms with Crippen LogP contribution in [0.1, 0.15) is 17.2 Å². The standard InChI is InChI=1S/C33H39N5O/c39-30(25-35-17-21-37(22-18-35)32-16-15-27-9-7-8-14-31(27)34-32)26-36-19-23-38(24-20-36)33(28-10-3-1-4-11-28)29-12-5-2-6-13-29/h1-16,30,33,39H,17-26H2. The van der Waals surface area contributed by atoms with Crippen molar-refractivity contribution in [2.45, 2.75) is 12.1 Å². The zero-order chi connectivity index (χ0) is 26.4. The molecule has 6 nitrogen and oxygen atoms in total. The van der Waals surface area contributed by atoms with E-state index >= 15 is 0 Å². The molecule has 2 saturated heterocycles. The minimum Gasteiger partial charge on any atom is -0.390 e. The molecule has 0 radical (unpaired) electrons. The SMILES string of the molecule is OC(CN1CCN(c2ccc3ccccc3n2)CC1)CN1CCN(C(c2ccccc2)c2ccccc2)CC1. The fraction of sp³-hybridized carbons (Fsp3) is 0.364. The van der Waals surface area contributed by atoms with Crippen LogP contribution in [0.4, 0.5) is 5.82 Å². The van der Waals surface area contributed by atoms with Gasteiger partial charge in [0.2, 0.25) is 0 Å². The number of pyridine rings is 1. The number of rotatable bonds is 8. The van der Waals surface area contributed by atoms with Gasteiger partial charge in [-0.15, -0.1) is 0 Å². The van der Waals surface area contributed by atoms with Crippen LogP contribution in [0.2, 0.25) is 0 Å². The molecular weight excluding hydrogens is 482 g/mol. The quantitative estimate of drug-likeness (QED) is 0.376. The number of aliphatic hydroxyl groups excluding tert-OH is 1. The van der Waals surface area contributed by atoms with E-state index in [-0.39, 0.29) is 12.1 Å². The predicted molar refractivity (Wildman–Crippen MR) is 159 cm³/mol. The van der Waals surface area contributed by atoms with Crippen LogP contribution in [0, 0.1) is 0 Å². The highest BCUT2D eigenvalue weighted by molar-refractivity contribution is 5.80. The molecule has 202 valence electrons. The van der Waals surface area contributed by atoms with Crippen LogP contribution in [-0.4, -0.2) is 96.3 Å². The number of nitrogens with zero attached hydrogens (tertiary/aromatic N) is 5. The lowest BCUT2D eigenvalue weighted by Crippen LogP contribution is -2.53. The van der Waals surface area contributed by atoms with Crippen molar-refractivity contribution in [1.29, 1.82) is 0 Å². The van der Waals surface area contributed by atoms with Gasteiger partial charge in [0.25, 0.3) is 0 Å². The number of hydrogen-bond acceptors (Lipinski definition) is 6. The number of anilines is 1. The lowest BCUT2D eigenvalue weighted by atomic mass is 9.96. The molecule has 0 bridgehead atoms. The first kappa shape index (κ1) is 26.0. The number of hydrogen-bond donors (Lipinski definition) is 1. The lowest BCUT2D eigenvalue weighted by molar-refractivity contribution is 0.0430. The van der Waals surface area contributed by atoms with Gasteiger partial charge in [-0.25, -0.2) is 4.98 Å². The van der Waals surface area contributed by atoms with Crippen molar-refractivity contribution in [1.82, 2.24) is 19.7 Å². The van der Waals surface area contributed by atoms with E-state index in [1.807, 2.05) is 6.07 Å². The first-order chi connectivity index (χ1) is 19.2. The summed E-state index contributed by atoms with van der Waals surface area (Å²) in [5.41, 5.74) is 3.73. The van der Waals surface area contributed by atoms with Crippen molar-refractivity contribution in [3.63, 3.8) is 0 Å². The first-order valence-electron chi connectivity index (χ1n) is 14.3. The molecular formula is C33H39N5O. The summed E-state index contributed by atoms with van der Waals surface area (Å²) in [6.45, 7) is 9.22. The fourth-order valence-electron chi connectivity index (χ4n) is 6.13. The minimum absolute atomic E-state index is 0.271. The summed E-state index contributed by atoms with van der Waals surface area (Å²) in [6, 6.07) is 34.5. The van der Waals surface area contributed by atoms with E-state index in [0.29, 0.717) is 0 Å². The number of β-amino-alcohol motifs (C(OH)–C–C–N with tert-alkyl or cyclic N) is 1. The second-order valence-electron chi connectivity index (χ2n) is 10.9. The molecule has 6 heteroatoms. The average molecular weight is 522 g/mol. The number of aliphatic hydroxyl groups is 1. The Morgan fingerprint density at radius 3 is 1.74 bits per heavy atom. The number of aromatic nitrogens is 1. The highest BCUT2D eigenvalue weighted by Crippen LogP contribution is 2.29. The van der Waals surface area contributed by atoms with Crippen molar-refractivity contribution < 1.29 is 5.11 Å². The zero-order valence-electron chi connectivity index (χ0n) is 22.6. The molecule has 0 saturated carbocycles. The van der Waals surface area contributed by atoms with Crippen molar-refractivity contribution in [3.05, 3.63) is 108 Å². The Kier molecular flexibility index (Phi) is 8.16. The molecule has 3 aromatic carbocycles. The van der Waals surface area contributed by atoms with Crippen LogP contribution >= 0.6 is 0 Å². The molecule has 4 aromatic rings. The summed E-state index contributed by atoms with van der Waals surface area (Å²) in [5.74, 6) is 1.05. The van der Waals surface area contributed by atoms with E-state index in [2.05, 4.69) is 111 Å². The van der Waals surface area contributed by atoms with E-state index in [1.54, 1.807) is 0 Å². The summed E-state index contributed by atoms with van der Waals surface area (Å²) in [4.78, 5) is 14.7. The number of piperazine rings is 2. The lowest BCUT2D eigenvalue weighted by Gasteiger charge is -2.41. The molecule has 0 spiro atoms. The van der Waals surface area contributed by atoms with Gasteiger partial charge >= 0.3 is 0 Å². The molecule has 6 rings (SSSR count). The Morgan fingerprint density at radius 1 is 0.590 bits per heavy atom. The van der Waals surface area contributed by atoms with Gasteiger partial charge < -0.3 is 10.0 Å². The van der Waals surface area contributed by atoms with Gasteiger partial charge in [-0.05, 0) is 29.3 Å². The topological polar surface area (TPSA) is 46.1 Å². The molecule has 1 N–H and O–H groups in total. The fourth-order valence-corrected chi connectivity index (χ4v) is 6.13. The Bertz CT molecular complexity index is 1280. The van der Waals surface area contributed by atoms with Gasteiger partial charge in [-0.2, -0.15) is 0 Å². The van der Waals surface area contributed by atoms with E-state index in [0.717, 1.165) is 76.8 Å². The Balaban J connectivity index is 0.983. The van der Waals surface area contributed by atoms with Gasteiger partial charge in [0.1, 0.15) is 5.82 Å². The largest absolute Gasteiger partial charge is 0.390 e. The predicted octanol–water partition coefficient (Wildman–Crippen LogP) is 4.12. The van der Waals surface area contributed by atoms with Crippen molar-refractivity contribution in [2.24, 2.45) is 0 Å². The summed E-state index contributed by atoms with van der Waals surface area (Å²) >= 11 is 0. The van der Waals surface area contributed by atoms with E-state index in [1.165, 1.54) is 16.5 Å². The molecule has 2 aliphatic heterocycles. The summed E-state index contributed by atoms with van der Waals surface area (Å²) in [5, 5.41) is 12.1. The maximum Gasteiger partial charge on any atom is 0.129 e. The Labute approximate surface area is 232 Å². The van der Waals surface area contributed by atoms with E-state index < -0.39 is 0 Å². The summed E-state index contributed by atoms with van der Waals surface area (Å²) in [7, 11) is 0. The van der Waals surface area contributed by atoms with E-state index in [4.69, 9.17) is 4.98 Å². The van der Waals surface area contributed by atoms with Gasteiger partial charge in [-0.1, -0.05) is 78.9 Å². The summed E-state index contributed by atoms with van der Waals surface area (Å²) in [6.07, 6.45) is -0.332. The number of benzene rings is 3. The van der Waals surface area contributed by atoms with Gasteiger partial charge in [0, 0.05) is 70.8 Å². The van der Waals surface area contributed by atoms with Crippen molar-refractivity contribution in [2.75, 3.05) is 70.3 Å². The second kappa shape index (κ2) is 12.3. The molecule has 0 amide bonds. The van der Waals surface area contributed by atoms with Crippen LogP contribution in [0.15, 0.2) is 97.1 Å². The molecule has 0 aliphatic carbocycles. The Morgan fingerprint density at radius 2 is 1.13 bits per heavy atom. The maximum absolute atomic E-state index is 11.0. The Hall–Kier alpha value is -3.29. The third-order valence-electron chi connectivity index (χ3n) is 8.22. The third kappa shape index (κ3) is 6.31. The third-order valence-corrected chi connectivity index (χ3v) is 8.22. The molecule has 1 atom stereocenters. The second-order valence-corrected chi connectivity index (χ2v) is 10.9. The van der Waals surface area contributed by atoms with Crippen molar-refractivity contribution in [3.8, 4) is 0 Å². The van der Waals surface area contributed by atoms with E-state index in [9.17, 15) is 5.11 Å². The monoisotopic (exact) mass is 521 g/mol. The molecule has 1 unspecified atom stereocenters. The average Bonchev–Trinajstić information content (AvgIpc) is 2.99. The van der Waals surface area contributed by atoms with Crippen LogP contribution in [0.3, 0.4) is 0 Å². The maximum atomic E-state index is 11.0. The van der Waals surface area contributed by atoms with Crippen molar-refractivity contribution >= 4 is 16.7 Å². The van der Waals surface area contributed by atoms with Gasteiger partial charge in [0.15, 0.2) is 0 Å². The normalized spacial score (nSPS) is 18.6. The molecule has 1 aromatic heterocycles. The van der Waals surface area contributed by atoms with Crippen LogP contribution in [0.5, 0.6) is 0 Å². The molecule has 2 aliphatic rings. The van der Waals surface area contributed by atoms with Gasteiger partial charge in [0.05, 0.1) is 17.7 Å². The number of para-hydroxylation sites is 1. The molecule has 39 heavy (non-hydrogen) atoms. The highest BCUT2D eigenvalue weighted by Gasteiger charge is 2.28. The molecule has 2 fully saturated rings. The number of fused-ring (bicyclic) bond motifs is 1. The van der Waals surface area contributed by atoms with Crippen LogP contribution < -0.4 is 4.90 Å². The first-order valence-corrected chi connectivity index (χ1v) is 14.3. The smallest absolute Gasteiger partial charge is 0.129 e. The van der Waals surface area contributed by atoms with Crippen LogP contribution in [-0.2, 0) is 0 Å². The molecule has 3 heterocycles. The minimum atomic E-state index is -0.332. The zero-order valence-corrected chi connectivity index (χ0v) is 22.6. The highest BCUT2D eigenvalue weighted by atomic mass is 16.3. The summed E-state index contributed by atoms with van der Waals surface area (Å²) < 4.78 is 0.